The molecule has 0 saturated heterocycles. The second kappa shape index (κ2) is 10.6. The number of hydrogen-bond donors (Lipinski definition) is 1. The molecule has 0 spiro atoms. The number of nitro groups is 1. The Morgan fingerprint density at radius 2 is 1.74 bits per heavy atom. The van der Waals surface area contributed by atoms with E-state index in [-0.39, 0.29) is 23.7 Å². The van der Waals surface area contributed by atoms with E-state index >= 15 is 0 Å². The summed E-state index contributed by atoms with van der Waals surface area (Å²) < 4.78 is 62.7. The summed E-state index contributed by atoms with van der Waals surface area (Å²) in [6.07, 6.45) is -3.47. The first kappa shape index (κ1) is 25.1. The molecule has 0 aliphatic heterocycles. The van der Waals surface area contributed by atoms with E-state index < -0.39 is 39.8 Å². The quantitative estimate of drug-likeness (QED) is 0.188. The molecular weight excluding hydrogens is 474 g/mol. The van der Waals surface area contributed by atoms with Gasteiger partial charge in [-0.3, -0.25) is 14.9 Å². The van der Waals surface area contributed by atoms with E-state index in [1.165, 1.54) is 36.5 Å². The van der Waals surface area contributed by atoms with Crippen LogP contribution in [0.4, 0.5) is 23.2 Å². The molecule has 1 N–H and O–H groups in total. The zero-order chi connectivity index (χ0) is 25.6. The number of nitrogens with one attached hydrogen (secondary N) is 1. The summed E-state index contributed by atoms with van der Waals surface area (Å²) in [5.41, 5.74) is 0.872. The van der Waals surface area contributed by atoms with Crippen molar-refractivity contribution in [3.05, 3.63) is 93.3 Å². The van der Waals surface area contributed by atoms with Crippen molar-refractivity contribution >= 4 is 17.8 Å². The number of carbonyl (C=O) groups is 1. The largest absolute Gasteiger partial charge is 0.490 e. The van der Waals surface area contributed by atoms with Crippen LogP contribution in [0.3, 0.4) is 0 Å². The summed E-state index contributed by atoms with van der Waals surface area (Å²) in [7, 11) is 0. The van der Waals surface area contributed by atoms with Crippen molar-refractivity contribution in [2.45, 2.75) is 13.1 Å². The van der Waals surface area contributed by atoms with Gasteiger partial charge in [-0.05, 0) is 67.1 Å². The zero-order valence-corrected chi connectivity index (χ0v) is 18.0. The first-order valence-electron chi connectivity index (χ1n) is 9.97. The highest BCUT2D eigenvalue weighted by molar-refractivity contribution is 5.94. The number of ether oxygens (including phenoxy) is 2. The number of rotatable bonds is 8. The first-order chi connectivity index (χ1) is 16.6. The van der Waals surface area contributed by atoms with Gasteiger partial charge in [0.1, 0.15) is 5.82 Å². The molecule has 3 aromatic rings. The lowest BCUT2D eigenvalue weighted by molar-refractivity contribution is -0.385. The number of nitrogens with zero attached hydrogens (tertiary/aromatic N) is 2. The second-order valence-corrected chi connectivity index (χ2v) is 6.88. The molecule has 1 amide bonds. The third-order valence-corrected chi connectivity index (χ3v) is 4.46. The van der Waals surface area contributed by atoms with Gasteiger partial charge < -0.3 is 9.47 Å². The maximum Gasteiger partial charge on any atom is 0.416 e. The van der Waals surface area contributed by atoms with Crippen molar-refractivity contribution < 1.29 is 36.8 Å². The van der Waals surface area contributed by atoms with Crippen LogP contribution in [0.2, 0.25) is 0 Å². The number of hydrazone groups is 1. The highest BCUT2D eigenvalue weighted by Crippen LogP contribution is 2.40. The molecule has 0 aliphatic rings. The van der Waals surface area contributed by atoms with Crippen LogP contribution in [-0.4, -0.2) is 23.7 Å². The molecule has 0 heterocycles. The van der Waals surface area contributed by atoms with E-state index in [0.29, 0.717) is 17.7 Å². The van der Waals surface area contributed by atoms with Crippen molar-refractivity contribution in [2.24, 2.45) is 5.10 Å². The van der Waals surface area contributed by atoms with Crippen molar-refractivity contribution in [3.8, 4) is 17.2 Å². The summed E-state index contributed by atoms with van der Waals surface area (Å²) in [6, 6.07) is 11.1. The van der Waals surface area contributed by atoms with Crippen LogP contribution >= 0.6 is 0 Å². The Hall–Kier alpha value is -4.48. The van der Waals surface area contributed by atoms with Gasteiger partial charge in [0.05, 0.1) is 23.3 Å². The molecule has 0 fully saturated rings. The fraction of sp³-hybridized carbons (Fsp3) is 0.130. The Bertz CT molecular complexity index is 1260. The Labute approximate surface area is 195 Å². The van der Waals surface area contributed by atoms with Gasteiger partial charge in [0.2, 0.25) is 5.75 Å². The van der Waals surface area contributed by atoms with Crippen molar-refractivity contribution in [2.75, 3.05) is 6.61 Å². The minimum absolute atomic E-state index is 0.0159. The maximum atomic E-state index is 13.0. The van der Waals surface area contributed by atoms with Crippen molar-refractivity contribution in [1.29, 1.82) is 0 Å². The van der Waals surface area contributed by atoms with Crippen molar-refractivity contribution in [1.82, 2.24) is 5.43 Å². The van der Waals surface area contributed by atoms with Crippen LogP contribution in [0, 0.1) is 15.9 Å². The molecule has 0 radical (unpaired) electrons. The number of nitro benzene ring substituents is 1. The Morgan fingerprint density at radius 1 is 1.06 bits per heavy atom. The molecule has 0 aromatic heterocycles. The lowest BCUT2D eigenvalue weighted by Gasteiger charge is -2.13. The summed E-state index contributed by atoms with van der Waals surface area (Å²) >= 11 is 0. The molecule has 0 saturated carbocycles. The number of hydrogen-bond acceptors (Lipinski definition) is 6. The Kier molecular flexibility index (Phi) is 7.64. The third kappa shape index (κ3) is 6.53. The molecule has 8 nitrogen and oxygen atoms in total. The molecule has 0 atom stereocenters. The minimum Gasteiger partial charge on any atom is -0.490 e. The standard InChI is InChI=1S/C23H17F4N3O5/c1-2-34-21-11-14(13-28-29-22(31)15-4-7-17(24)8-5-15)3-9-20(21)35-19-10-6-16(23(25,26)27)12-18(19)30(32)33/h3-13H,2H2,1H3,(H,29,31)/b28-13+. The average Bonchev–Trinajstić information content (AvgIpc) is 2.80. The van der Waals surface area contributed by atoms with Crippen LogP contribution in [0.1, 0.15) is 28.4 Å². The number of alkyl halides is 3. The summed E-state index contributed by atoms with van der Waals surface area (Å²) in [5.74, 6) is -1.31. The molecule has 35 heavy (non-hydrogen) atoms. The fourth-order valence-corrected chi connectivity index (χ4v) is 2.83. The van der Waals surface area contributed by atoms with E-state index in [0.717, 1.165) is 18.2 Å². The highest BCUT2D eigenvalue weighted by Gasteiger charge is 2.33. The van der Waals surface area contributed by atoms with Crippen LogP contribution in [0.15, 0.2) is 65.8 Å². The Balaban J connectivity index is 1.81. The predicted molar refractivity (Wildman–Crippen MR) is 117 cm³/mol. The second-order valence-electron chi connectivity index (χ2n) is 6.88. The lowest BCUT2D eigenvalue weighted by Crippen LogP contribution is -2.17. The van der Waals surface area contributed by atoms with Crippen LogP contribution in [-0.2, 0) is 6.18 Å². The van der Waals surface area contributed by atoms with Crippen LogP contribution in [0.25, 0.3) is 0 Å². The summed E-state index contributed by atoms with van der Waals surface area (Å²) in [5, 5.41) is 15.1. The van der Waals surface area contributed by atoms with Gasteiger partial charge in [-0.2, -0.15) is 18.3 Å². The third-order valence-electron chi connectivity index (χ3n) is 4.46. The molecule has 0 unspecified atom stereocenters. The van der Waals surface area contributed by atoms with Crippen LogP contribution < -0.4 is 14.9 Å². The number of amides is 1. The van der Waals surface area contributed by atoms with Gasteiger partial charge in [0, 0.05) is 11.6 Å². The van der Waals surface area contributed by atoms with Gasteiger partial charge in [0.25, 0.3) is 5.91 Å². The molecule has 0 aliphatic carbocycles. The van der Waals surface area contributed by atoms with E-state index in [2.05, 4.69) is 10.5 Å². The smallest absolute Gasteiger partial charge is 0.416 e. The van der Waals surface area contributed by atoms with E-state index in [4.69, 9.17) is 9.47 Å². The molecule has 0 bridgehead atoms. The monoisotopic (exact) mass is 491 g/mol. The lowest BCUT2D eigenvalue weighted by atomic mass is 10.1. The summed E-state index contributed by atoms with van der Waals surface area (Å²) in [4.78, 5) is 22.4. The topological polar surface area (TPSA) is 103 Å². The molecule has 12 heteroatoms. The number of carbonyl (C=O) groups excluding carboxylic acids is 1. The first-order valence-corrected chi connectivity index (χ1v) is 9.97. The SMILES string of the molecule is CCOc1cc(/C=N/NC(=O)c2ccc(F)cc2)ccc1Oc1ccc(C(F)(F)F)cc1[N+](=O)[O-]. The van der Waals surface area contributed by atoms with Gasteiger partial charge in [-0.15, -0.1) is 0 Å². The Morgan fingerprint density at radius 3 is 2.37 bits per heavy atom. The van der Waals surface area contributed by atoms with Crippen molar-refractivity contribution in [3.63, 3.8) is 0 Å². The fourth-order valence-electron chi connectivity index (χ4n) is 2.83. The molecular formula is C23H17F4N3O5. The minimum atomic E-state index is -4.76. The van der Waals surface area contributed by atoms with E-state index in [1.807, 2.05) is 0 Å². The highest BCUT2D eigenvalue weighted by atomic mass is 19.4. The number of benzene rings is 3. The predicted octanol–water partition coefficient (Wildman–Crippen LogP) is 5.71. The molecule has 3 aromatic carbocycles. The molecule has 182 valence electrons. The summed E-state index contributed by atoms with van der Waals surface area (Å²) in [6.45, 7) is 1.86. The van der Waals surface area contributed by atoms with Gasteiger partial charge >= 0.3 is 11.9 Å². The zero-order valence-electron chi connectivity index (χ0n) is 18.0. The molecule has 3 rings (SSSR count). The normalized spacial score (nSPS) is 11.3. The average molecular weight is 491 g/mol. The van der Waals surface area contributed by atoms with E-state index in [1.54, 1.807) is 6.92 Å². The van der Waals surface area contributed by atoms with Gasteiger partial charge in [-0.25, -0.2) is 9.82 Å². The van der Waals surface area contributed by atoms with Gasteiger partial charge in [0.15, 0.2) is 11.5 Å². The van der Waals surface area contributed by atoms with Crippen LogP contribution in [0.5, 0.6) is 17.2 Å². The van der Waals surface area contributed by atoms with Gasteiger partial charge in [-0.1, -0.05) is 0 Å². The van der Waals surface area contributed by atoms with E-state index in [9.17, 15) is 32.5 Å². The maximum absolute atomic E-state index is 13.0. The number of halogens is 4.